The minimum Gasteiger partial charge on any atom is -0.457 e. The summed E-state index contributed by atoms with van der Waals surface area (Å²) in [4.78, 5) is 10.9. The van der Waals surface area contributed by atoms with E-state index >= 15 is 0 Å². The lowest BCUT2D eigenvalue weighted by Crippen LogP contribution is -2.20. The first kappa shape index (κ1) is 6.89. The molecule has 1 fully saturated rings. The quantitative estimate of drug-likeness (QED) is 0.390. The summed E-state index contributed by atoms with van der Waals surface area (Å²) < 4.78 is 5.14. The standard InChI is InChI=1S/C9H12O2/c1-6-3-7-9(2,4-6)5-8(10)11-7/h3,7H,4-5H2,1-2H3/t7-,9-/m0/s1. The van der Waals surface area contributed by atoms with Crippen LogP contribution in [0.2, 0.25) is 0 Å². The summed E-state index contributed by atoms with van der Waals surface area (Å²) in [6.45, 7) is 4.22. The van der Waals surface area contributed by atoms with Gasteiger partial charge in [0.2, 0.25) is 0 Å². The zero-order valence-corrected chi connectivity index (χ0v) is 6.89. The van der Waals surface area contributed by atoms with E-state index in [2.05, 4.69) is 19.9 Å². The van der Waals surface area contributed by atoms with Gasteiger partial charge in [-0.3, -0.25) is 4.79 Å². The number of carbonyl (C=O) groups is 1. The Morgan fingerprint density at radius 3 is 3.00 bits per heavy atom. The molecule has 2 nitrogen and oxygen atoms in total. The zero-order chi connectivity index (χ0) is 8.06. The van der Waals surface area contributed by atoms with E-state index in [9.17, 15) is 4.79 Å². The fourth-order valence-corrected chi connectivity index (χ4v) is 2.11. The maximum absolute atomic E-state index is 10.9. The van der Waals surface area contributed by atoms with Gasteiger partial charge < -0.3 is 4.74 Å². The van der Waals surface area contributed by atoms with Gasteiger partial charge in [-0.2, -0.15) is 0 Å². The number of hydrogen-bond acceptors (Lipinski definition) is 2. The molecule has 1 aliphatic carbocycles. The van der Waals surface area contributed by atoms with Crippen LogP contribution in [0.1, 0.15) is 26.7 Å². The van der Waals surface area contributed by atoms with Crippen LogP contribution in [-0.2, 0) is 9.53 Å². The van der Waals surface area contributed by atoms with Crippen LogP contribution in [0.5, 0.6) is 0 Å². The minimum atomic E-state index is -0.0405. The van der Waals surface area contributed by atoms with Crippen molar-refractivity contribution in [1.82, 2.24) is 0 Å². The number of ether oxygens (including phenoxy) is 1. The predicted molar refractivity (Wildman–Crippen MR) is 41.0 cm³/mol. The van der Waals surface area contributed by atoms with Gasteiger partial charge in [0, 0.05) is 5.41 Å². The summed E-state index contributed by atoms with van der Waals surface area (Å²) in [5.74, 6) is -0.0405. The van der Waals surface area contributed by atoms with Gasteiger partial charge in [0.25, 0.3) is 0 Å². The summed E-state index contributed by atoms with van der Waals surface area (Å²) in [5, 5.41) is 0. The van der Waals surface area contributed by atoms with Crippen LogP contribution in [0.15, 0.2) is 11.6 Å². The SMILES string of the molecule is CC1=C[C@@H]2OC(=O)C[C@]2(C)C1. The normalized spacial score (nSPS) is 41.8. The second-order valence-corrected chi connectivity index (χ2v) is 3.93. The van der Waals surface area contributed by atoms with Gasteiger partial charge in [0.1, 0.15) is 6.10 Å². The van der Waals surface area contributed by atoms with Crippen LogP contribution in [0.25, 0.3) is 0 Å². The van der Waals surface area contributed by atoms with Crippen molar-refractivity contribution in [2.75, 3.05) is 0 Å². The molecule has 0 unspecified atom stereocenters. The summed E-state index contributed by atoms with van der Waals surface area (Å²) >= 11 is 0. The summed E-state index contributed by atoms with van der Waals surface area (Å²) in [6, 6.07) is 0. The largest absolute Gasteiger partial charge is 0.457 e. The third-order valence-electron chi connectivity index (χ3n) is 2.61. The molecule has 0 N–H and O–H groups in total. The predicted octanol–water partition coefficient (Wildman–Crippen LogP) is 1.66. The first-order valence-corrected chi connectivity index (χ1v) is 3.97. The van der Waals surface area contributed by atoms with Crippen molar-refractivity contribution >= 4 is 5.97 Å². The molecule has 0 spiro atoms. The van der Waals surface area contributed by atoms with Crippen LogP contribution >= 0.6 is 0 Å². The van der Waals surface area contributed by atoms with Crippen molar-refractivity contribution in [2.45, 2.75) is 32.8 Å². The highest BCUT2D eigenvalue weighted by molar-refractivity contribution is 5.74. The molecule has 0 bridgehead atoms. The molecule has 0 amide bonds. The Bertz CT molecular complexity index is 242. The van der Waals surface area contributed by atoms with E-state index in [1.54, 1.807) is 0 Å². The Labute approximate surface area is 66.2 Å². The number of hydrogen-bond donors (Lipinski definition) is 0. The third kappa shape index (κ3) is 0.889. The van der Waals surface area contributed by atoms with Crippen molar-refractivity contribution in [2.24, 2.45) is 5.41 Å². The van der Waals surface area contributed by atoms with Crippen LogP contribution in [0.3, 0.4) is 0 Å². The lowest BCUT2D eigenvalue weighted by atomic mass is 9.84. The van der Waals surface area contributed by atoms with E-state index in [0.29, 0.717) is 6.42 Å². The first-order chi connectivity index (χ1) is 5.10. The van der Waals surface area contributed by atoms with Crippen molar-refractivity contribution in [1.29, 1.82) is 0 Å². The highest BCUT2D eigenvalue weighted by Gasteiger charge is 2.47. The molecule has 60 valence electrons. The average Bonchev–Trinajstić information content (AvgIpc) is 2.16. The maximum Gasteiger partial charge on any atom is 0.307 e. The van der Waals surface area contributed by atoms with Crippen LogP contribution < -0.4 is 0 Å². The molecular formula is C9H12O2. The molecule has 1 heterocycles. The number of rotatable bonds is 0. The Hall–Kier alpha value is -0.790. The highest BCUT2D eigenvalue weighted by atomic mass is 16.6. The molecule has 1 aliphatic heterocycles. The van der Waals surface area contributed by atoms with E-state index in [1.165, 1.54) is 5.57 Å². The Balaban J connectivity index is 2.28. The van der Waals surface area contributed by atoms with Gasteiger partial charge in [-0.15, -0.1) is 0 Å². The first-order valence-electron chi connectivity index (χ1n) is 3.97. The molecule has 0 aromatic heterocycles. The fraction of sp³-hybridized carbons (Fsp3) is 0.667. The van der Waals surface area contributed by atoms with Crippen molar-refractivity contribution in [3.05, 3.63) is 11.6 Å². The number of esters is 1. The molecule has 2 aliphatic rings. The van der Waals surface area contributed by atoms with Crippen molar-refractivity contribution < 1.29 is 9.53 Å². The number of allylic oxidation sites excluding steroid dienone is 1. The van der Waals surface area contributed by atoms with Crippen LogP contribution in [-0.4, -0.2) is 12.1 Å². The molecule has 0 saturated carbocycles. The smallest absolute Gasteiger partial charge is 0.307 e. The fourth-order valence-electron chi connectivity index (χ4n) is 2.11. The van der Waals surface area contributed by atoms with E-state index in [0.717, 1.165) is 6.42 Å². The zero-order valence-electron chi connectivity index (χ0n) is 6.89. The highest BCUT2D eigenvalue weighted by Crippen LogP contribution is 2.46. The second-order valence-electron chi connectivity index (χ2n) is 3.93. The van der Waals surface area contributed by atoms with Gasteiger partial charge >= 0.3 is 5.97 Å². The average molecular weight is 152 g/mol. The van der Waals surface area contributed by atoms with Gasteiger partial charge in [-0.05, 0) is 19.4 Å². The number of carbonyl (C=O) groups excluding carboxylic acids is 1. The summed E-state index contributed by atoms with van der Waals surface area (Å²) in [6.07, 6.45) is 3.75. The maximum atomic E-state index is 10.9. The minimum absolute atomic E-state index is 0.0405. The molecule has 2 atom stereocenters. The molecule has 11 heavy (non-hydrogen) atoms. The number of fused-ring (bicyclic) bond motifs is 1. The summed E-state index contributed by atoms with van der Waals surface area (Å²) in [5.41, 5.74) is 1.44. The molecule has 0 radical (unpaired) electrons. The lowest BCUT2D eigenvalue weighted by Gasteiger charge is -2.19. The molecule has 0 aromatic carbocycles. The van der Waals surface area contributed by atoms with E-state index in [-0.39, 0.29) is 17.5 Å². The van der Waals surface area contributed by atoms with Gasteiger partial charge in [-0.25, -0.2) is 0 Å². The van der Waals surface area contributed by atoms with Gasteiger partial charge in [0.15, 0.2) is 0 Å². The molecule has 2 heteroatoms. The van der Waals surface area contributed by atoms with E-state index in [4.69, 9.17) is 4.74 Å². The molecule has 1 saturated heterocycles. The Morgan fingerprint density at radius 2 is 2.36 bits per heavy atom. The van der Waals surface area contributed by atoms with Crippen LogP contribution in [0.4, 0.5) is 0 Å². The van der Waals surface area contributed by atoms with E-state index < -0.39 is 0 Å². The third-order valence-corrected chi connectivity index (χ3v) is 2.61. The molecule has 0 aromatic rings. The van der Waals surface area contributed by atoms with Gasteiger partial charge in [0.05, 0.1) is 6.42 Å². The lowest BCUT2D eigenvalue weighted by molar-refractivity contribution is -0.140. The van der Waals surface area contributed by atoms with Crippen LogP contribution in [0, 0.1) is 5.41 Å². The van der Waals surface area contributed by atoms with Gasteiger partial charge in [-0.1, -0.05) is 12.5 Å². The molecular weight excluding hydrogens is 140 g/mol. The van der Waals surface area contributed by atoms with Crippen molar-refractivity contribution in [3.63, 3.8) is 0 Å². The van der Waals surface area contributed by atoms with E-state index in [1.807, 2.05) is 0 Å². The Kier molecular flexibility index (Phi) is 1.17. The summed E-state index contributed by atoms with van der Waals surface area (Å²) in [7, 11) is 0. The monoisotopic (exact) mass is 152 g/mol. The second kappa shape index (κ2) is 1.87. The molecule has 2 rings (SSSR count). The van der Waals surface area contributed by atoms with Crippen molar-refractivity contribution in [3.8, 4) is 0 Å². The Morgan fingerprint density at radius 1 is 1.64 bits per heavy atom. The topological polar surface area (TPSA) is 26.3 Å².